The van der Waals surface area contributed by atoms with Gasteiger partial charge in [-0.15, -0.1) is 0 Å². The maximum absolute atomic E-state index is 12.1. The van der Waals surface area contributed by atoms with Gasteiger partial charge in [0.2, 0.25) is 0 Å². The molecule has 0 radical (unpaired) electrons. The van der Waals surface area contributed by atoms with Crippen LogP contribution in [-0.2, 0) is 19.0 Å². The molecule has 3 rings (SSSR count). The van der Waals surface area contributed by atoms with Gasteiger partial charge >= 0.3 is 6.09 Å². The quantitative estimate of drug-likeness (QED) is 0.403. The number of cyclic esters (lactones) is 1. The fraction of sp³-hybridized carbons (Fsp3) is 0.200. The Morgan fingerprint density at radius 1 is 1.30 bits per heavy atom. The number of hydrogen-bond donors (Lipinski definition) is 0. The van der Waals surface area contributed by atoms with Gasteiger partial charge in [0.15, 0.2) is 5.76 Å². The van der Waals surface area contributed by atoms with Crippen LogP contribution >= 0.6 is 0 Å². The number of non-ortho nitro benzene ring substituents is 1. The van der Waals surface area contributed by atoms with Crippen LogP contribution in [0.5, 0.6) is 0 Å². The number of nitro groups is 1. The summed E-state index contributed by atoms with van der Waals surface area (Å²) < 4.78 is 38.9. The van der Waals surface area contributed by atoms with E-state index in [9.17, 15) is 28.1 Å². The summed E-state index contributed by atoms with van der Waals surface area (Å²) in [6.45, 7) is -0.735. The summed E-state index contributed by atoms with van der Waals surface area (Å²) in [7, 11) is -4.22. The summed E-state index contributed by atoms with van der Waals surface area (Å²) in [5.41, 5.74) is -0.272. The van der Waals surface area contributed by atoms with Gasteiger partial charge in [0, 0.05) is 12.1 Å². The van der Waals surface area contributed by atoms with E-state index in [0.29, 0.717) is 0 Å². The molecule has 0 bridgehead atoms. The highest BCUT2D eigenvalue weighted by Crippen LogP contribution is 2.20. The second-order valence-electron chi connectivity index (χ2n) is 5.39. The fourth-order valence-corrected chi connectivity index (χ4v) is 3.21. The predicted octanol–water partition coefficient (Wildman–Crippen LogP) is 1.55. The molecule has 1 aliphatic rings. The standard InChI is InChI=1S/C15H12N2O9S/c18-14(13-2-1-7-24-13)16-8-11(26-15(16)19)9-25-27(22,23)12-5-3-10(4-6-12)17(20)21/h1-7,11H,8-9H2/t11-/m0/s1. The van der Waals surface area contributed by atoms with E-state index in [-0.39, 0.29) is 22.9 Å². The van der Waals surface area contributed by atoms with Crippen molar-refractivity contribution < 1.29 is 36.3 Å². The number of amides is 2. The molecule has 1 aliphatic heterocycles. The first kappa shape index (κ1) is 18.5. The lowest BCUT2D eigenvalue weighted by Gasteiger charge is -2.10. The second kappa shape index (κ2) is 7.17. The number of ether oxygens (including phenoxy) is 1. The molecule has 1 saturated heterocycles. The molecule has 1 atom stereocenters. The number of benzene rings is 1. The molecule has 0 saturated carbocycles. The molecule has 11 nitrogen and oxygen atoms in total. The molecule has 0 N–H and O–H groups in total. The molecule has 142 valence electrons. The lowest BCUT2D eigenvalue weighted by molar-refractivity contribution is -0.384. The minimum absolute atomic E-state index is 0.0629. The summed E-state index contributed by atoms with van der Waals surface area (Å²) in [4.78, 5) is 34.3. The zero-order valence-electron chi connectivity index (χ0n) is 13.5. The minimum Gasteiger partial charge on any atom is -0.459 e. The van der Waals surface area contributed by atoms with E-state index in [0.717, 1.165) is 29.2 Å². The van der Waals surface area contributed by atoms with Crippen molar-refractivity contribution in [3.8, 4) is 0 Å². The van der Waals surface area contributed by atoms with Gasteiger partial charge in [0.25, 0.3) is 21.7 Å². The number of imide groups is 1. The molecule has 27 heavy (non-hydrogen) atoms. The van der Waals surface area contributed by atoms with Crippen molar-refractivity contribution in [1.82, 2.24) is 4.90 Å². The molecule has 0 unspecified atom stereocenters. The van der Waals surface area contributed by atoms with Gasteiger partial charge in [-0.05, 0) is 24.3 Å². The van der Waals surface area contributed by atoms with Gasteiger partial charge in [0.1, 0.15) is 12.7 Å². The Bertz CT molecular complexity index is 967. The monoisotopic (exact) mass is 396 g/mol. The number of nitro benzene ring substituents is 1. The van der Waals surface area contributed by atoms with Crippen molar-refractivity contribution in [2.24, 2.45) is 0 Å². The smallest absolute Gasteiger partial charge is 0.417 e. The normalized spacial score (nSPS) is 17.0. The van der Waals surface area contributed by atoms with Crippen LogP contribution in [0.15, 0.2) is 52.0 Å². The minimum atomic E-state index is -4.22. The van der Waals surface area contributed by atoms with Crippen LogP contribution in [0.1, 0.15) is 10.6 Å². The fourth-order valence-electron chi connectivity index (χ4n) is 2.28. The van der Waals surface area contributed by atoms with Crippen molar-refractivity contribution in [2.45, 2.75) is 11.0 Å². The molecular formula is C15H12N2O9S. The third kappa shape index (κ3) is 3.96. The van der Waals surface area contributed by atoms with Crippen LogP contribution < -0.4 is 0 Å². The number of carbonyl (C=O) groups excluding carboxylic acids is 2. The Morgan fingerprint density at radius 2 is 2.00 bits per heavy atom. The Morgan fingerprint density at radius 3 is 2.59 bits per heavy atom. The van der Waals surface area contributed by atoms with Gasteiger partial charge < -0.3 is 9.15 Å². The number of furan rings is 1. The zero-order chi connectivity index (χ0) is 19.6. The summed E-state index contributed by atoms with van der Waals surface area (Å²) in [5, 5.41) is 10.6. The van der Waals surface area contributed by atoms with Gasteiger partial charge in [-0.3, -0.25) is 19.1 Å². The highest BCUT2D eigenvalue weighted by molar-refractivity contribution is 7.86. The van der Waals surface area contributed by atoms with E-state index < -0.39 is 39.8 Å². The summed E-state index contributed by atoms with van der Waals surface area (Å²) in [6, 6.07) is 6.96. The molecule has 2 amide bonds. The summed E-state index contributed by atoms with van der Waals surface area (Å²) >= 11 is 0. The van der Waals surface area contributed by atoms with Crippen LogP contribution in [0.2, 0.25) is 0 Å². The van der Waals surface area contributed by atoms with Crippen LogP contribution in [0.4, 0.5) is 10.5 Å². The molecule has 2 aromatic rings. The topological polar surface area (TPSA) is 146 Å². The average molecular weight is 396 g/mol. The van der Waals surface area contributed by atoms with Crippen LogP contribution in [0.3, 0.4) is 0 Å². The van der Waals surface area contributed by atoms with E-state index in [4.69, 9.17) is 13.3 Å². The first-order chi connectivity index (χ1) is 12.8. The van der Waals surface area contributed by atoms with Crippen molar-refractivity contribution in [2.75, 3.05) is 13.2 Å². The molecule has 0 aliphatic carbocycles. The van der Waals surface area contributed by atoms with Gasteiger partial charge in [-0.1, -0.05) is 0 Å². The Balaban J connectivity index is 1.62. The molecule has 1 fully saturated rings. The second-order valence-corrected chi connectivity index (χ2v) is 7.00. The van der Waals surface area contributed by atoms with Crippen molar-refractivity contribution in [3.63, 3.8) is 0 Å². The maximum atomic E-state index is 12.1. The SMILES string of the molecule is O=C1O[C@H](COS(=O)(=O)c2ccc([N+](=O)[O-])cc2)CN1C(=O)c1ccco1. The van der Waals surface area contributed by atoms with Crippen LogP contribution in [0.25, 0.3) is 0 Å². The van der Waals surface area contributed by atoms with E-state index in [1.807, 2.05) is 0 Å². The molecule has 1 aromatic heterocycles. The van der Waals surface area contributed by atoms with Crippen LogP contribution in [-0.4, -0.2) is 49.5 Å². The van der Waals surface area contributed by atoms with Gasteiger partial charge in [-0.2, -0.15) is 8.42 Å². The molecule has 1 aromatic carbocycles. The van der Waals surface area contributed by atoms with E-state index >= 15 is 0 Å². The molecule has 12 heteroatoms. The number of nitrogens with zero attached hydrogens (tertiary/aromatic N) is 2. The van der Waals surface area contributed by atoms with E-state index in [2.05, 4.69) is 0 Å². The van der Waals surface area contributed by atoms with Gasteiger partial charge in [-0.25, -0.2) is 9.69 Å². The van der Waals surface area contributed by atoms with Gasteiger partial charge in [0.05, 0.1) is 22.6 Å². The third-order valence-electron chi connectivity index (χ3n) is 3.60. The largest absolute Gasteiger partial charge is 0.459 e. The summed E-state index contributed by atoms with van der Waals surface area (Å²) in [6.07, 6.45) is -0.673. The number of hydrogen-bond acceptors (Lipinski definition) is 9. The highest BCUT2D eigenvalue weighted by atomic mass is 32.2. The lowest BCUT2D eigenvalue weighted by atomic mass is 10.3. The summed E-state index contributed by atoms with van der Waals surface area (Å²) in [5.74, 6) is -0.780. The zero-order valence-corrected chi connectivity index (χ0v) is 14.3. The molecule has 2 heterocycles. The predicted molar refractivity (Wildman–Crippen MR) is 86.2 cm³/mol. The first-order valence-corrected chi connectivity index (χ1v) is 8.88. The molecule has 0 spiro atoms. The molecular weight excluding hydrogens is 384 g/mol. The third-order valence-corrected chi connectivity index (χ3v) is 4.89. The number of carbonyl (C=O) groups is 2. The Hall–Kier alpha value is -3.25. The van der Waals surface area contributed by atoms with Crippen molar-refractivity contribution >= 4 is 27.8 Å². The van der Waals surface area contributed by atoms with Crippen LogP contribution in [0, 0.1) is 10.1 Å². The van der Waals surface area contributed by atoms with E-state index in [1.165, 1.54) is 18.4 Å². The van der Waals surface area contributed by atoms with Crippen molar-refractivity contribution in [3.05, 3.63) is 58.5 Å². The number of rotatable bonds is 6. The Labute approximate surface area is 152 Å². The maximum Gasteiger partial charge on any atom is 0.417 e. The van der Waals surface area contributed by atoms with Crippen molar-refractivity contribution in [1.29, 1.82) is 0 Å². The average Bonchev–Trinajstić information content (AvgIpc) is 3.29. The Kier molecular flexibility index (Phi) is 4.92. The first-order valence-electron chi connectivity index (χ1n) is 7.48. The highest BCUT2D eigenvalue weighted by Gasteiger charge is 2.38. The lowest BCUT2D eigenvalue weighted by Crippen LogP contribution is -2.32. The van der Waals surface area contributed by atoms with E-state index in [1.54, 1.807) is 0 Å².